The quantitative estimate of drug-likeness (QED) is 0.716. The van der Waals surface area contributed by atoms with Crippen molar-refractivity contribution in [1.82, 2.24) is 0 Å². The lowest BCUT2D eigenvalue weighted by Crippen LogP contribution is -2.38. The van der Waals surface area contributed by atoms with Crippen LogP contribution in [0.15, 0.2) is 29.2 Å². The second-order valence-corrected chi connectivity index (χ2v) is 6.19. The number of sulfone groups is 1. The number of hydrogen-bond donors (Lipinski definition) is 3. The number of benzene rings is 1. The van der Waals surface area contributed by atoms with Gasteiger partial charge < -0.3 is 15.3 Å². The van der Waals surface area contributed by atoms with Crippen molar-refractivity contribution in [1.29, 1.82) is 0 Å². The molecule has 0 radical (unpaired) electrons. The minimum atomic E-state index is -4.75. The molecule has 0 aliphatic rings. The summed E-state index contributed by atoms with van der Waals surface area (Å²) in [5, 5.41) is 26.7. The molecule has 0 saturated carbocycles. The molecule has 3 N–H and O–H groups in total. The Morgan fingerprint density at radius 2 is 1.81 bits per heavy atom. The third-order valence-corrected chi connectivity index (χ3v) is 4.28. The second kappa shape index (κ2) is 6.00. The van der Waals surface area contributed by atoms with Crippen molar-refractivity contribution < 1.29 is 41.7 Å². The Hall–Kier alpha value is -1.65. The van der Waals surface area contributed by atoms with E-state index in [1.54, 1.807) is 0 Å². The average molecular weight is 328 g/mol. The first-order chi connectivity index (χ1) is 9.45. The SMILES string of the molecule is O=C(O)[C@@H](O)[C@H](O)CS(=O)(=O)c1cccc(C(F)(F)F)c1. The van der Waals surface area contributed by atoms with Crippen LogP contribution >= 0.6 is 0 Å². The maximum absolute atomic E-state index is 12.5. The van der Waals surface area contributed by atoms with Crippen LogP contribution in [0.5, 0.6) is 0 Å². The molecule has 1 aromatic rings. The molecule has 0 spiro atoms. The molecule has 0 aromatic heterocycles. The van der Waals surface area contributed by atoms with Crippen molar-refractivity contribution in [3.63, 3.8) is 0 Å². The summed E-state index contributed by atoms with van der Waals surface area (Å²) in [5.41, 5.74) is -1.20. The molecule has 0 fully saturated rings. The molecule has 0 amide bonds. The molecule has 1 aromatic carbocycles. The number of carboxylic acids is 1. The van der Waals surface area contributed by atoms with Crippen LogP contribution in [0.3, 0.4) is 0 Å². The van der Waals surface area contributed by atoms with Crippen LogP contribution in [0, 0.1) is 0 Å². The molecule has 118 valence electrons. The predicted molar refractivity (Wildman–Crippen MR) is 63.1 cm³/mol. The largest absolute Gasteiger partial charge is 0.479 e. The molecule has 1 rings (SSSR count). The molecular formula is C11H11F3O6S. The Bertz CT molecular complexity index is 625. The van der Waals surface area contributed by atoms with E-state index in [1.165, 1.54) is 0 Å². The summed E-state index contributed by atoms with van der Waals surface area (Å²) in [5.74, 6) is -3.07. The molecule has 0 aliphatic heterocycles. The van der Waals surface area contributed by atoms with Crippen LogP contribution in [0.4, 0.5) is 13.2 Å². The van der Waals surface area contributed by atoms with Crippen molar-refractivity contribution in [2.24, 2.45) is 0 Å². The maximum atomic E-state index is 12.5. The number of aliphatic hydroxyl groups is 2. The van der Waals surface area contributed by atoms with Gasteiger partial charge in [0.05, 0.1) is 16.2 Å². The van der Waals surface area contributed by atoms with E-state index in [0.29, 0.717) is 12.1 Å². The van der Waals surface area contributed by atoms with E-state index in [4.69, 9.17) is 10.2 Å². The Kier molecular flexibility index (Phi) is 4.97. The summed E-state index contributed by atoms with van der Waals surface area (Å²) in [4.78, 5) is 9.67. The van der Waals surface area contributed by atoms with E-state index in [9.17, 15) is 31.5 Å². The van der Waals surface area contributed by atoms with Gasteiger partial charge in [-0.25, -0.2) is 13.2 Å². The first-order valence-electron chi connectivity index (χ1n) is 5.44. The molecule has 2 atom stereocenters. The summed E-state index contributed by atoms with van der Waals surface area (Å²) < 4.78 is 61.1. The summed E-state index contributed by atoms with van der Waals surface area (Å²) in [6.45, 7) is 0. The van der Waals surface area contributed by atoms with E-state index in [-0.39, 0.29) is 0 Å². The van der Waals surface area contributed by atoms with Crippen LogP contribution in [-0.4, -0.2) is 47.7 Å². The molecule has 0 aliphatic carbocycles. The Labute approximate surface area is 117 Å². The normalized spacial score (nSPS) is 15.5. The van der Waals surface area contributed by atoms with Crippen LogP contribution in [0.1, 0.15) is 5.56 Å². The molecule has 0 heterocycles. The van der Waals surface area contributed by atoms with Gasteiger partial charge in [-0.1, -0.05) is 6.07 Å². The monoisotopic (exact) mass is 328 g/mol. The Balaban J connectivity index is 3.07. The van der Waals surface area contributed by atoms with E-state index in [1.807, 2.05) is 0 Å². The number of hydrogen-bond acceptors (Lipinski definition) is 5. The predicted octanol–water partition coefficient (Wildman–Crippen LogP) is 0.285. The summed E-state index contributed by atoms with van der Waals surface area (Å²) >= 11 is 0. The van der Waals surface area contributed by atoms with Crippen molar-refractivity contribution in [3.8, 4) is 0 Å². The number of halogens is 3. The van der Waals surface area contributed by atoms with Gasteiger partial charge in [0.15, 0.2) is 15.9 Å². The molecule has 10 heteroatoms. The van der Waals surface area contributed by atoms with Crippen LogP contribution in [0.2, 0.25) is 0 Å². The smallest absolute Gasteiger partial charge is 0.416 e. The summed E-state index contributed by atoms with van der Waals surface area (Å²) in [7, 11) is -4.39. The fourth-order valence-corrected chi connectivity index (χ4v) is 2.86. The molecule has 21 heavy (non-hydrogen) atoms. The summed E-state index contributed by atoms with van der Waals surface area (Å²) in [6.07, 6.45) is -9.27. The first kappa shape index (κ1) is 17.4. The zero-order chi connectivity index (χ0) is 16.4. The highest BCUT2D eigenvalue weighted by molar-refractivity contribution is 7.91. The van der Waals surface area contributed by atoms with Crippen LogP contribution in [0.25, 0.3) is 0 Å². The lowest BCUT2D eigenvalue weighted by molar-refractivity contribution is -0.151. The fraction of sp³-hybridized carbons (Fsp3) is 0.364. The fourth-order valence-electron chi connectivity index (χ4n) is 1.44. The lowest BCUT2D eigenvalue weighted by Gasteiger charge is -2.15. The van der Waals surface area contributed by atoms with Gasteiger partial charge in [0, 0.05) is 0 Å². The van der Waals surface area contributed by atoms with Gasteiger partial charge in [0.1, 0.15) is 6.10 Å². The maximum Gasteiger partial charge on any atom is 0.416 e. The van der Waals surface area contributed by atoms with Crippen LogP contribution in [-0.2, 0) is 20.8 Å². The van der Waals surface area contributed by atoms with E-state index < -0.39 is 50.4 Å². The third kappa shape index (κ3) is 4.41. The molecule has 6 nitrogen and oxygen atoms in total. The van der Waals surface area contributed by atoms with Gasteiger partial charge in [-0.05, 0) is 18.2 Å². The van der Waals surface area contributed by atoms with Crippen molar-refractivity contribution in [2.45, 2.75) is 23.3 Å². The lowest BCUT2D eigenvalue weighted by atomic mass is 10.2. The second-order valence-electron chi connectivity index (χ2n) is 4.16. The number of alkyl halides is 3. The van der Waals surface area contributed by atoms with Crippen LogP contribution < -0.4 is 0 Å². The van der Waals surface area contributed by atoms with E-state index in [2.05, 4.69) is 0 Å². The highest BCUT2D eigenvalue weighted by Gasteiger charge is 2.33. The van der Waals surface area contributed by atoms with Gasteiger partial charge in [0.2, 0.25) is 0 Å². The zero-order valence-electron chi connectivity index (χ0n) is 10.3. The molecule has 0 saturated heterocycles. The van der Waals surface area contributed by atoms with Gasteiger partial charge in [-0.15, -0.1) is 0 Å². The highest BCUT2D eigenvalue weighted by Crippen LogP contribution is 2.30. The Morgan fingerprint density at radius 3 is 2.29 bits per heavy atom. The number of carboxylic acid groups (broad SMARTS) is 1. The van der Waals surface area contributed by atoms with Gasteiger partial charge in [0.25, 0.3) is 0 Å². The van der Waals surface area contributed by atoms with Gasteiger partial charge >= 0.3 is 12.1 Å². The molecular weight excluding hydrogens is 317 g/mol. The zero-order valence-corrected chi connectivity index (χ0v) is 11.1. The van der Waals surface area contributed by atoms with Crippen molar-refractivity contribution in [3.05, 3.63) is 29.8 Å². The molecule has 0 unspecified atom stereocenters. The standard InChI is InChI=1S/C11H11F3O6S/c12-11(13,14)6-2-1-3-7(4-6)21(19,20)5-8(15)9(16)10(17)18/h1-4,8-9,15-16H,5H2,(H,17,18)/t8-,9+/m1/s1. The first-order valence-corrected chi connectivity index (χ1v) is 7.09. The topological polar surface area (TPSA) is 112 Å². The summed E-state index contributed by atoms with van der Waals surface area (Å²) in [6, 6.07) is 2.79. The third-order valence-electron chi connectivity index (χ3n) is 2.53. The van der Waals surface area contributed by atoms with Crippen molar-refractivity contribution in [2.75, 3.05) is 5.75 Å². The Morgan fingerprint density at radius 1 is 1.24 bits per heavy atom. The minimum Gasteiger partial charge on any atom is -0.479 e. The average Bonchev–Trinajstić information content (AvgIpc) is 2.36. The number of rotatable bonds is 5. The van der Waals surface area contributed by atoms with Gasteiger partial charge in [-0.3, -0.25) is 0 Å². The number of aliphatic hydroxyl groups excluding tert-OH is 2. The van der Waals surface area contributed by atoms with Crippen molar-refractivity contribution >= 4 is 15.8 Å². The molecule has 0 bridgehead atoms. The minimum absolute atomic E-state index is 0.370. The van der Waals surface area contributed by atoms with Gasteiger partial charge in [-0.2, -0.15) is 13.2 Å². The highest BCUT2D eigenvalue weighted by atomic mass is 32.2. The number of aliphatic carboxylic acids is 1. The van der Waals surface area contributed by atoms with E-state index >= 15 is 0 Å². The van der Waals surface area contributed by atoms with E-state index in [0.717, 1.165) is 12.1 Å². The number of carbonyl (C=O) groups is 1.